The topological polar surface area (TPSA) is 73.8 Å². The molecule has 0 spiro atoms. The number of aromatic nitrogens is 4. The quantitative estimate of drug-likeness (QED) is 0.681. The first-order chi connectivity index (χ1) is 8.24. The van der Waals surface area contributed by atoms with Gasteiger partial charge >= 0.3 is 0 Å². The van der Waals surface area contributed by atoms with E-state index in [1.807, 2.05) is 11.4 Å². The Morgan fingerprint density at radius 3 is 3.18 bits per heavy atom. The maximum absolute atomic E-state index is 12.0. The van der Waals surface area contributed by atoms with Crippen molar-refractivity contribution < 1.29 is 4.52 Å². The Balaban J connectivity index is 2.06. The molecule has 0 saturated heterocycles. The van der Waals surface area contributed by atoms with Crippen molar-refractivity contribution in [3.05, 3.63) is 39.8 Å². The van der Waals surface area contributed by atoms with E-state index in [1.54, 1.807) is 6.92 Å². The Hall–Kier alpha value is -2.02. The average Bonchev–Trinajstić information content (AvgIpc) is 2.92. The Kier molecular flexibility index (Phi) is 2.25. The van der Waals surface area contributed by atoms with Crippen molar-refractivity contribution in [2.45, 2.75) is 13.5 Å². The third-order valence-electron chi connectivity index (χ3n) is 2.31. The Morgan fingerprint density at radius 1 is 1.53 bits per heavy atom. The van der Waals surface area contributed by atoms with Gasteiger partial charge in [0.1, 0.15) is 11.2 Å². The fourth-order valence-electron chi connectivity index (χ4n) is 1.54. The minimum atomic E-state index is -0.0825. The number of nitrogens with zero attached hydrogens (tertiary/aromatic N) is 4. The van der Waals surface area contributed by atoms with Gasteiger partial charge in [0.25, 0.3) is 5.56 Å². The van der Waals surface area contributed by atoms with Crippen LogP contribution >= 0.6 is 11.3 Å². The highest BCUT2D eigenvalue weighted by Crippen LogP contribution is 2.13. The zero-order chi connectivity index (χ0) is 11.8. The molecule has 0 bridgehead atoms. The summed E-state index contributed by atoms with van der Waals surface area (Å²) >= 11 is 1.38. The molecule has 17 heavy (non-hydrogen) atoms. The Morgan fingerprint density at radius 2 is 2.41 bits per heavy atom. The summed E-state index contributed by atoms with van der Waals surface area (Å²) in [5.41, 5.74) is 0.638. The summed E-state index contributed by atoms with van der Waals surface area (Å²) in [4.78, 5) is 20.3. The van der Waals surface area contributed by atoms with Crippen molar-refractivity contribution in [1.82, 2.24) is 19.7 Å². The minimum Gasteiger partial charge on any atom is -0.337 e. The number of rotatable bonds is 2. The zero-order valence-electron chi connectivity index (χ0n) is 8.95. The zero-order valence-corrected chi connectivity index (χ0v) is 9.77. The summed E-state index contributed by atoms with van der Waals surface area (Å²) in [6, 6.07) is 1.82. The first kappa shape index (κ1) is 10.2. The lowest BCUT2D eigenvalue weighted by Gasteiger charge is -2.00. The third kappa shape index (κ3) is 1.74. The van der Waals surface area contributed by atoms with E-state index < -0.39 is 0 Å². The minimum absolute atomic E-state index is 0.0825. The van der Waals surface area contributed by atoms with E-state index in [0.29, 0.717) is 16.4 Å². The molecule has 0 aliphatic carbocycles. The SMILES string of the molecule is Cc1noc(Cn2cnc3ccsc3c2=O)n1. The van der Waals surface area contributed by atoms with Crippen molar-refractivity contribution in [3.63, 3.8) is 0 Å². The second-order valence-electron chi connectivity index (χ2n) is 3.55. The first-order valence-electron chi connectivity index (χ1n) is 4.96. The van der Waals surface area contributed by atoms with E-state index in [2.05, 4.69) is 15.1 Å². The molecule has 0 fully saturated rings. The lowest BCUT2D eigenvalue weighted by atomic mass is 10.4. The third-order valence-corrected chi connectivity index (χ3v) is 3.20. The molecule has 0 atom stereocenters. The number of aryl methyl sites for hydroxylation is 1. The van der Waals surface area contributed by atoms with Gasteiger partial charge in [-0.25, -0.2) is 4.98 Å². The summed E-state index contributed by atoms with van der Waals surface area (Å²) in [5.74, 6) is 0.959. The van der Waals surface area contributed by atoms with E-state index in [-0.39, 0.29) is 12.1 Å². The molecular formula is C10H8N4O2S. The van der Waals surface area contributed by atoms with Crippen LogP contribution in [0.1, 0.15) is 11.7 Å². The maximum atomic E-state index is 12.0. The van der Waals surface area contributed by atoms with Crippen molar-refractivity contribution in [2.75, 3.05) is 0 Å². The first-order valence-corrected chi connectivity index (χ1v) is 5.84. The van der Waals surface area contributed by atoms with Crippen LogP contribution in [0, 0.1) is 6.92 Å². The molecule has 86 valence electrons. The second kappa shape index (κ2) is 3.77. The highest BCUT2D eigenvalue weighted by atomic mass is 32.1. The standard InChI is InChI=1S/C10H8N4O2S/c1-6-12-8(16-13-6)4-14-5-11-7-2-3-17-9(7)10(14)15/h2-3,5H,4H2,1H3. The molecule has 0 radical (unpaired) electrons. The Bertz CT molecular complexity index is 727. The van der Waals surface area contributed by atoms with Gasteiger partial charge in [-0.15, -0.1) is 11.3 Å². The molecule has 0 N–H and O–H groups in total. The molecule has 3 heterocycles. The lowest BCUT2D eigenvalue weighted by Crippen LogP contribution is -2.20. The van der Waals surface area contributed by atoms with E-state index in [9.17, 15) is 4.79 Å². The van der Waals surface area contributed by atoms with Crippen LogP contribution < -0.4 is 5.56 Å². The van der Waals surface area contributed by atoms with Gasteiger partial charge in [0, 0.05) is 0 Å². The molecule has 3 aromatic rings. The highest BCUT2D eigenvalue weighted by molar-refractivity contribution is 7.17. The van der Waals surface area contributed by atoms with Gasteiger partial charge in [-0.05, 0) is 18.4 Å². The fourth-order valence-corrected chi connectivity index (χ4v) is 2.33. The second-order valence-corrected chi connectivity index (χ2v) is 4.46. The normalized spacial score (nSPS) is 11.1. The van der Waals surface area contributed by atoms with Crippen LogP contribution in [-0.2, 0) is 6.54 Å². The van der Waals surface area contributed by atoms with Crippen LogP contribution in [0.4, 0.5) is 0 Å². The summed E-state index contributed by atoms with van der Waals surface area (Å²) < 4.78 is 7.08. The van der Waals surface area contributed by atoms with Crippen molar-refractivity contribution in [1.29, 1.82) is 0 Å². The van der Waals surface area contributed by atoms with Crippen molar-refractivity contribution >= 4 is 21.6 Å². The monoisotopic (exact) mass is 248 g/mol. The highest BCUT2D eigenvalue weighted by Gasteiger charge is 2.08. The molecule has 7 heteroatoms. The molecule has 0 amide bonds. The van der Waals surface area contributed by atoms with Crippen LogP contribution in [0.2, 0.25) is 0 Å². The maximum Gasteiger partial charge on any atom is 0.271 e. The van der Waals surface area contributed by atoms with Gasteiger partial charge in [0.15, 0.2) is 5.82 Å². The van der Waals surface area contributed by atoms with Crippen molar-refractivity contribution in [2.24, 2.45) is 0 Å². The smallest absolute Gasteiger partial charge is 0.271 e. The number of hydrogen-bond donors (Lipinski definition) is 0. The van der Waals surface area contributed by atoms with Crippen LogP contribution in [-0.4, -0.2) is 19.7 Å². The molecule has 0 saturated carbocycles. The predicted octanol–water partition coefficient (Wildman–Crippen LogP) is 1.20. The summed E-state index contributed by atoms with van der Waals surface area (Å²) in [7, 11) is 0. The number of thiophene rings is 1. The van der Waals surface area contributed by atoms with Gasteiger partial charge < -0.3 is 4.52 Å². The van der Waals surface area contributed by atoms with Crippen LogP contribution in [0.3, 0.4) is 0 Å². The average molecular weight is 248 g/mol. The molecule has 3 rings (SSSR count). The summed E-state index contributed by atoms with van der Waals surface area (Å²) in [6.45, 7) is 1.98. The van der Waals surface area contributed by atoms with E-state index in [4.69, 9.17) is 4.52 Å². The molecule has 0 unspecified atom stereocenters. The molecular weight excluding hydrogens is 240 g/mol. The summed E-state index contributed by atoms with van der Waals surface area (Å²) in [5, 5.41) is 5.52. The largest absolute Gasteiger partial charge is 0.337 e. The van der Waals surface area contributed by atoms with Gasteiger partial charge in [0.2, 0.25) is 5.89 Å². The fraction of sp³-hybridized carbons (Fsp3) is 0.200. The van der Waals surface area contributed by atoms with Crippen LogP contribution in [0.15, 0.2) is 27.1 Å². The number of fused-ring (bicyclic) bond motifs is 1. The molecule has 3 aromatic heterocycles. The lowest BCUT2D eigenvalue weighted by molar-refractivity contribution is 0.366. The van der Waals surface area contributed by atoms with E-state index in [1.165, 1.54) is 22.2 Å². The van der Waals surface area contributed by atoms with Gasteiger partial charge in [-0.1, -0.05) is 5.16 Å². The Labute approximate surface area is 99.5 Å². The van der Waals surface area contributed by atoms with Gasteiger partial charge in [-0.2, -0.15) is 4.98 Å². The van der Waals surface area contributed by atoms with Crippen LogP contribution in [0.5, 0.6) is 0 Å². The van der Waals surface area contributed by atoms with Gasteiger partial charge in [0.05, 0.1) is 11.8 Å². The van der Waals surface area contributed by atoms with Crippen molar-refractivity contribution in [3.8, 4) is 0 Å². The number of hydrogen-bond acceptors (Lipinski definition) is 6. The molecule has 0 aliphatic heterocycles. The van der Waals surface area contributed by atoms with Crippen LogP contribution in [0.25, 0.3) is 10.2 Å². The van der Waals surface area contributed by atoms with E-state index >= 15 is 0 Å². The molecule has 6 nitrogen and oxygen atoms in total. The van der Waals surface area contributed by atoms with E-state index in [0.717, 1.165) is 5.52 Å². The molecule has 0 aromatic carbocycles. The molecule has 0 aliphatic rings. The van der Waals surface area contributed by atoms with Gasteiger partial charge in [-0.3, -0.25) is 9.36 Å². The summed E-state index contributed by atoms with van der Waals surface area (Å²) in [6.07, 6.45) is 1.50. The predicted molar refractivity (Wildman–Crippen MR) is 62.0 cm³/mol.